The zero-order chi connectivity index (χ0) is 54.2. The van der Waals surface area contributed by atoms with E-state index in [-0.39, 0.29) is 63.2 Å². The average molecular weight is 1070 g/mol. The predicted octanol–water partition coefficient (Wildman–Crippen LogP) is 2.82. The Labute approximate surface area is 446 Å². The molecule has 6 rings (SSSR count). The van der Waals surface area contributed by atoms with E-state index < -0.39 is 112 Å². The molecule has 8 N–H and O–H groups in total. The molecule has 18 nitrogen and oxygen atoms in total. The molecule has 2 aliphatic heterocycles. The molecule has 8 amide bonds. The van der Waals surface area contributed by atoms with Crippen molar-refractivity contribution in [1.29, 1.82) is 0 Å². The smallest absolute Gasteiger partial charge is 0.245 e. The number of rotatable bonds is 15. The molecule has 20 heteroatoms. The fraction of sp³-hybridized carbons (Fsp3) is 0.491. The van der Waals surface area contributed by atoms with Crippen LogP contribution in [0.1, 0.15) is 76.5 Å². The van der Waals surface area contributed by atoms with E-state index in [1.54, 1.807) is 56.4 Å². The number of nitrogens with zero attached hydrogens (tertiary/aromatic N) is 1. The third-order valence-corrected chi connectivity index (χ3v) is 15.0. The fourth-order valence-corrected chi connectivity index (χ4v) is 10.5. The molecule has 75 heavy (non-hydrogen) atoms. The van der Waals surface area contributed by atoms with Crippen molar-refractivity contribution in [2.24, 2.45) is 11.8 Å². The molecular formula is C55H73N9O9S2. The van der Waals surface area contributed by atoms with Crippen molar-refractivity contribution in [3.8, 4) is 0 Å². The molecule has 0 saturated carbocycles. The van der Waals surface area contributed by atoms with Crippen LogP contribution in [0.3, 0.4) is 0 Å². The number of hydrogen-bond acceptors (Lipinski definition) is 10. The van der Waals surface area contributed by atoms with E-state index >= 15 is 0 Å². The lowest BCUT2D eigenvalue weighted by Crippen LogP contribution is -2.62. The van der Waals surface area contributed by atoms with Crippen molar-refractivity contribution in [3.63, 3.8) is 0 Å². The molecule has 3 heterocycles. The van der Waals surface area contributed by atoms with E-state index in [9.17, 15) is 42.6 Å². The first-order valence-electron chi connectivity index (χ1n) is 25.8. The molecule has 2 aliphatic rings. The highest BCUT2D eigenvalue weighted by atomic mass is 32.2. The second-order valence-electron chi connectivity index (χ2n) is 20.2. The number of amides is 8. The summed E-state index contributed by atoms with van der Waals surface area (Å²) in [5.74, 6) is -5.54. The number of carbonyl (C=O) groups excluding carboxylic acids is 8. The number of nitrogens with one attached hydrogen (secondary N) is 8. The maximum absolute atomic E-state index is 14.9. The first-order chi connectivity index (χ1) is 35.9. The van der Waals surface area contributed by atoms with Crippen LogP contribution in [0.2, 0.25) is 0 Å². The Hall–Kier alpha value is -6.54. The lowest BCUT2D eigenvalue weighted by atomic mass is 9.99. The Morgan fingerprint density at radius 2 is 1.09 bits per heavy atom. The van der Waals surface area contributed by atoms with Crippen molar-refractivity contribution < 1.29 is 42.6 Å². The number of hydrogen-bond donors (Lipinski definition) is 8. The molecule has 9 unspecified atom stereocenters. The number of H-pyrrole nitrogens is 1. The molecule has 0 bridgehead atoms. The van der Waals surface area contributed by atoms with Gasteiger partial charge in [0, 0.05) is 65.7 Å². The van der Waals surface area contributed by atoms with Crippen molar-refractivity contribution in [2.75, 3.05) is 30.6 Å². The van der Waals surface area contributed by atoms with Crippen LogP contribution in [0.15, 0.2) is 91.1 Å². The third-order valence-electron chi connectivity index (χ3n) is 13.5. The number of carbonyl (C=O) groups is 8. The molecular weight excluding hydrogens is 995 g/mol. The minimum atomic E-state index is -1.39. The van der Waals surface area contributed by atoms with Gasteiger partial charge in [-0.3, -0.25) is 42.6 Å². The van der Waals surface area contributed by atoms with Crippen LogP contribution in [-0.2, 0) is 68.4 Å². The zero-order valence-electron chi connectivity index (χ0n) is 43.6. The van der Waals surface area contributed by atoms with E-state index in [2.05, 4.69) is 42.2 Å². The lowest BCUT2D eigenvalue weighted by Gasteiger charge is -2.32. The van der Waals surface area contributed by atoms with Crippen LogP contribution in [0, 0.1) is 11.8 Å². The number of para-hydroxylation sites is 1. The van der Waals surface area contributed by atoms with Crippen molar-refractivity contribution >= 4 is 80.7 Å². The van der Waals surface area contributed by atoms with Crippen molar-refractivity contribution in [2.45, 2.75) is 127 Å². The Balaban J connectivity index is 1.44. The minimum absolute atomic E-state index is 0.0129. The summed E-state index contributed by atoms with van der Waals surface area (Å²) in [4.78, 5) is 122. The highest BCUT2D eigenvalue weighted by Crippen LogP contribution is 2.23. The normalized spacial score (nSPS) is 24.6. The molecule has 9 atom stereocenters. The van der Waals surface area contributed by atoms with Gasteiger partial charge in [-0.2, -0.15) is 11.8 Å². The first kappa shape index (κ1) is 57.7. The number of aromatic nitrogens is 1. The van der Waals surface area contributed by atoms with Crippen LogP contribution in [-0.4, -0.2) is 140 Å². The topological polar surface area (TPSA) is 257 Å². The van der Waals surface area contributed by atoms with Crippen LogP contribution in [0.5, 0.6) is 0 Å². The predicted molar refractivity (Wildman–Crippen MR) is 291 cm³/mol. The summed E-state index contributed by atoms with van der Waals surface area (Å²) in [5.41, 5.74) is 2.87. The summed E-state index contributed by atoms with van der Waals surface area (Å²) < 4.78 is 12.5. The molecule has 4 aromatic rings. The summed E-state index contributed by atoms with van der Waals surface area (Å²) in [7, 11) is -1.39. The average Bonchev–Trinajstić information content (AvgIpc) is 4.05. The molecule has 3 aromatic carbocycles. The van der Waals surface area contributed by atoms with E-state index in [0.717, 1.165) is 10.9 Å². The first-order valence-corrected chi connectivity index (χ1v) is 28.9. The van der Waals surface area contributed by atoms with Gasteiger partial charge in [0.1, 0.15) is 48.3 Å². The van der Waals surface area contributed by atoms with Gasteiger partial charge in [-0.25, -0.2) is 0 Å². The molecule has 0 spiro atoms. The van der Waals surface area contributed by atoms with Crippen LogP contribution in [0.4, 0.5) is 0 Å². The van der Waals surface area contributed by atoms with Gasteiger partial charge in [0.05, 0.1) is 0 Å². The molecule has 0 radical (unpaired) electrons. The largest absolute Gasteiger partial charge is 0.361 e. The Morgan fingerprint density at radius 3 is 1.68 bits per heavy atom. The van der Waals surface area contributed by atoms with Gasteiger partial charge in [-0.1, -0.05) is 107 Å². The SMILES string of the molecule is CSCCC1NC(=O)C(CC(C)C)NC(=O)C(CCS(C)=O)NC(=O)C(C(C)C)NC(=O)C(Cc2c[nH]c3ccccc23)NC(=O)C(Cc2ccccc2)NC(=O)C(Cc2ccccc2)NC(=O)C2CCCN2C1=O. The Morgan fingerprint density at radius 1 is 0.587 bits per heavy atom. The quantitative estimate of drug-likeness (QED) is 0.0864. The third kappa shape index (κ3) is 16.5. The van der Waals surface area contributed by atoms with E-state index in [4.69, 9.17) is 0 Å². The van der Waals surface area contributed by atoms with Crippen molar-refractivity contribution in [1.82, 2.24) is 47.1 Å². The van der Waals surface area contributed by atoms with Gasteiger partial charge in [-0.05, 0) is 78.7 Å². The molecule has 0 aliphatic carbocycles. The summed E-state index contributed by atoms with van der Waals surface area (Å²) in [6, 6.07) is 15.8. The van der Waals surface area contributed by atoms with Gasteiger partial charge in [-0.15, -0.1) is 0 Å². The fourth-order valence-electron chi connectivity index (χ4n) is 9.51. The van der Waals surface area contributed by atoms with Gasteiger partial charge in [0.2, 0.25) is 47.3 Å². The van der Waals surface area contributed by atoms with Gasteiger partial charge in [0.15, 0.2) is 0 Å². The monoisotopic (exact) mass is 1070 g/mol. The highest BCUT2D eigenvalue weighted by Gasteiger charge is 2.41. The molecule has 1 aromatic heterocycles. The maximum Gasteiger partial charge on any atom is 0.245 e. The lowest BCUT2D eigenvalue weighted by molar-refractivity contribution is -0.142. The number of thioether (sulfide) groups is 1. The van der Waals surface area contributed by atoms with Gasteiger partial charge >= 0.3 is 0 Å². The van der Waals surface area contributed by atoms with E-state index in [1.165, 1.54) is 22.9 Å². The zero-order valence-corrected chi connectivity index (χ0v) is 45.3. The number of fused-ring (bicyclic) bond motifs is 2. The number of aromatic amines is 1. The maximum atomic E-state index is 14.9. The van der Waals surface area contributed by atoms with Crippen LogP contribution < -0.4 is 37.2 Å². The number of benzene rings is 3. The summed E-state index contributed by atoms with van der Waals surface area (Å²) >= 11 is 1.47. The van der Waals surface area contributed by atoms with E-state index in [1.807, 2.05) is 68.6 Å². The highest BCUT2D eigenvalue weighted by molar-refractivity contribution is 7.98. The van der Waals surface area contributed by atoms with Gasteiger partial charge in [0.25, 0.3) is 0 Å². The summed E-state index contributed by atoms with van der Waals surface area (Å²) in [6.07, 6.45) is 6.05. The minimum Gasteiger partial charge on any atom is -0.361 e. The van der Waals surface area contributed by atoms with Gasteiger partial charge < -0.3 is 47.1 Å². The molecule has 2 saturated heterocycles. The second kappa shape index (κ2) is 27.8. The summed E-state index contributed by atoms with van der Waals surface area (Å²) in [6.45, 7) is 7.36. The summed E-state index contributed by atoms with van der Waals surface area (Å²) in [5, 5.41) is 20.8. The van der Waals surface area contributed by atoms with E-state index in [0.29, 0.717) is 28.9 Å². The van der Waals surface area contributed by atoms with Crippen LogP contribution >= 0.6 is 11.8 Å². The van der Waals surface area contributed by atoms with Crippen molar-refractivity contribution in [3.05, 3.63) is 108 Å². The standard InChI is InChI=1S/C55H73N9O9S2/c1-33(2)28-42-49(66)58-41(23-26-74-5)55(72)64-25-15-22-46(64)53(70)62-44(30-36-18-11-8-12-19-36)51(68)60-43(29-35-16-9-7-10-17-35)50(67)61-45(31-37-32-56-39-21-14-13-20-38(37)39)52(69)63-47(34(3)4)54(71)57-40(48(65)59-42)24-27-75(6)73/h7-14,16-21,32-34,40-47,56H,15,22-31H2,1-6H3,(H,57,71)(H,58,66)(H,59,65)(H,60,68)(H,61,67)(H,62,70)(H,63,69). The Kier molecular flexibility index (Phi) is 21.4. The molecule has 404 valence electrons. The van der Waals surface area contributed by atoms with Crippen LogP contribution in [0.25, 0.3) is 10.9 Å². The second-order valence-corrected chi connectivity index (χ2v) is 22.7. The Bertz CT molecular complexity index is 2650. The molecule has 2 fully saturated rings.